The molecular weight excluding hydrogens is 336 g/mol. The van der Waals surface area contributed by atoms with Crippen LogP contribution >= 0.6 is 0 Å². The topological polar surface area (TPSA) is 78.4 Å². The number of oxime groups is 1. The Balaban J connectivity index is 1.34. The second-order valence-corrected chi connectivity index (χ2v) is 5.57. The molecule has 1 amide bonds. The fraction of sp³-hybridized carbons (Fsp3) is 0.263. The van der Waals surface area contributed by atoms with Gasteiger partial charge in [0, 0.05) is 12.1 Å². The fourth-order valence-corrected chi connectivity index (χ4v) is 2.38. The summed E-state index contributed by atoms with van der Waals surface area (Å²) in [6.45, 7) is 0.618. The lowest BCUT2D eigenvalue weighted by molar-refractivity contribution is -0.125. The quantitative estimate of drug-likeness (QED) is 0.579. The van der Waals surface area contributed by atoms with Crippen molar-refractivity contribution in [3.05, 3.63) is 53.6 Å². The van der Waals surface area contributed by atoms with Gasteiger partial charge < -0.3 is 24.4 Å². The lowest BCUT2D eigenvalue weighted by Gasteiger charge is -2.05. The lowest BCUT2D eigenvalue weighted by atomic mass is 10.1. The number of hydrogen-bond donors (Lipinski definition) is 1. The summed E-state index contributed by atoms with van der Waals surface area (Å²) in [7, 11) is 1.63. The Bertz CT molecular complexity index is 774. The molecule has 3 rings (SSSR count). The SMILES string of the molecule is COc1ccc(CCNC(=O)CON=Cc2ccc3c(c2)OCO3)cc1. The number of ether oxygens (including phenoxy) is 3. The van der Waals surface area contributed by atoms with Gasteiger partial charge in [-0.25, -0.2) is 0 Å². The molecule has 0 unspecified atom stereocenters. The van der Waals surface area contributed by atoms with Gasteiger partial charge >= 0.3 is 0 Å². The van der Waals surface area contributed by atoms with Crippen molar-refractivity contribution in [2.24, 2.45) is 5.16 Å². The highest BCUT2D eigenvalue weighted by molar-refractivity contribution is 5.81. The van der Waals surface area contributed by atoms with Crippen LogP contribution in [0.2, 0.25) is 0 Å². The molecule has 1 N–H and O–H groups in total. The zero-order chi connectivity index (χ0) is 18.2. The smallest absolute Gasteiger partial charge is 0.260 e. The van der Waals surface area contributed by atoms with Crippen molar-refractivity contribution < 1.29 is 23.8 Å². The Kier molecular flexibility index (Phi) is 5.92. The number of carbonyl (C=O) groups excluding carboxylic acids is 1. The van der Waals surface area contributed by atoms with E-state index in [0.717, 1.165) is 23.3 Å². The number of fused-ring (bicyclic) bond motifs is 1. The van der Waals surface area contributed by atoms with Crippen molar-refractivity contribution in [2.75, 3.05) is 27.1 Å². The first-order valence-electron chi connectivity index (χ1n) is 8.19. The van der Waals surface area contributed by atoms with Gasteiger partial charge in [0.05, 0.1) is 13.3 Å². The van der Waals surface area contributed by atoms with E-state index in [1.54, 1.807) is 19.2 Å². The van der Waals surface area contributed by atoms with Crippen LogP contribution < -0.4 is 19.5 Å². The van der Waals surface area contributed by atoms with Gasteiger partial charge in [-0.05, 0) is 42.3 Å². The van der Waals surface area contributed by atoms with E-state index in [9.17, 15) is 4.79 Å². The third-order valence-electron chi connectivity index (χ3n) is 3.76. The first-order chi connectivity index (χ1) is 12.7. The van der Waals surface area contributed by atoms with Crippen LogP contribution in [0.15, 0.2) is 47.6 Å². The molecule has 0 aliphatic carbocycles. The highest BCUT2D eigenvalue weighted by Crippen LogP contribution is 2.31. The van der Waals surface area contributed by atoms with Gasteiger partial charge in [-0.1, -0.05) is 17.3 Å². The largest absolute Gasteiger partial charge is 0.497 e. The van der Waals surface area contributed by atoms with E-state index in [2.05, 4.69) is 10.5 Å². The Hall–Kier alpha value is -3.22. The molecule has 0 aromatic heterocycles. The third kappa shape index (κ3) is 4.89. The molecule has 0 spiro atoms. The summed E-state index contributed by atoms with van der Waals surface area (Å²) < 4.78 is 15.6. The zero-order valence-corrected chi connectivity index (χ0v) is 14.4. The normalized spacial score (nSPS) is 12.2. The average molecular weight is 356 g/mol. The van der Waals surface area contributed by atoms with Crippen molar-refractivity contribution in [3.8, 4) is 17.2 Å². The van der Waals surface area contributed by atoms with Crippen LogP contribution in [-0.4, -0.2) is 39.2 Å². The maximum atomic E-state index is 11.7. The standard InChI is InChI=1S/C19H20N2O5/c1-23-16-5-2-14(3-6-16)8-9-20-19(22)12-26-21-11-15-4-7-17-18(10-15)25-13-24-17/h2-7,10-11H,8-9,12-13H2,1H3,(H,20,22). The molecule has 1 aliphatic heterocycles. The molecule has 0 bridgehead atoms. The molecule has 7 nitrogen and oxygen atoms in total. The highest BCUT2D eigenvalue weighted by atomic mass is 16.7. The predicted molar refractivity (Wildman–Crippen MR) is 95.8 cm³/mol. The fourth-order valence-electron chi connectivity index (χ4n) is 2.38. The number of nitrogens with zero attached hydrogens (tertiary/aromatic N) is 1. The number of carbonyl (C=O) groups is 1. The van der Waals surface area contributed by atoms with E-state index < -0.39 is 0 Å². The minimum absolute atomic E-state index is 0.135. The van der Waals surface area contributed by atoms with Crippen molar-refractivity contribution in [1.82, 2.24) is 5.32 Å². The molecule has 1 heterocycles. The van der Waals surface area contributed by atoms with Crippen molar-refractivity contribution in [1.29, 1.82) is 0 Å². The summed E-state index contributed by atoms with van der Waals surface area (Å²) in [6, 6.07) is 13.2. The summed E-state index contributed by atoms with van der Waals surface area (Å²) in [5.74, 6) is 1.97. The highest BCUT2D eigenvalue weighted by Gasteiger charge is 2.12. The number of methoxy groups -OCH3 is 1. The number of nitrogens with one attached hydrogen (secondary N) is 1. The molecule has 0 saturated carbocycles. The van der Waals surface area contributed by atoms with E-state index in [-0.39, 0.29) is 19.3 Å². The molecule has 0 saturated heterocycles. The second kappa shape index (κ2) is 8.75. The Labute approximate surface area is 151 Å². The van der Waals surface area contributed by atoms with Gasteiger partial charge in [0.2, 0.25) is 6.79 Å². The molecule has 0 fully saturated rings. The van der Waals surface area contributed by atoms with Crippen molar-refractivity contribution >= 4 is 12.1 Å². The predicted octanol–water partition coefficient (Wildman–Crippen LogP) is 2.13. The van der Waals surface area contributed by atoms with E-state index in [1.807, 2.05) is 30.3 Å². The van der Waals surface area contributed by atoms with Crippen LogP contribution in [0.25, 0.3) is 0 Å². The second-order valence-electron chi connectivity index (χ2n) is 5.57. The van der Waals surface area contributed by atoms with Crippen LogP contribution in [0, 0.1) is 0 Å². The average Bonchev–Trinajstić information content (AvgIpc) is 3.13. The summed E-state index contributed by atoms with van der Waals surface area (Å²) in [5, 5.41) is 6.58. The molecule has 2 aromatic carbocycles. The molecule has 136 valence electrons. The Morgan fingerprint density at radius 2 is 2.00 bits per heavy atom. The zero-order valence-electron chi connectivity index (χ0n) is 14.4. The van der Waals surface area contributed by atoms with E-state index in [0.29, 0.717) is 18.0 Å². The van der Waals surface area contributed by atoms with Crippen LogP contribution in [0.1, 0.15) is 11.1 Å². The molecule has 0 radical (unpaired) electrons. The maximum Gasteiger partial charge on any atom is 0.260 e. The summed E-state index contributed by atoms with van der Waals surface area (Å²) in [6.07, 6.45) is 2.25. The van der Waals surface area contributed by atoms with Crippen LogP contribution in [-0.2, 0) is 16.1 Å². The number of rotatable bonds is 8. The first kappa shape index (κ1) is 17.6. The first-order valence-corrected chi connectivity index (χ1v) is 8.19. The molecule has 2 aromatic rings. The van der Waals surface area contributed by atoms with Crippen molar-refractivity contribution in [2.45, 2.75) is 6.42 Å². The Morgan fingerprint density at radius 3 is 2.81 bits per heavy atom. The molecule has 1 aliphatic rings. The van der Waals surface area contributed by atoms with Crippen LogP contribution in [0.4, 0.5) is 0 Å². The molecule has 7 heteroatoms. The van der Waals surface area contributed by atoms with Gasteiger partial charge in [0.15, 0.2) is 18.1 Å². The van der Waals surface area contributed by atoms with Crippen molar-refractivity contribution in [3.63, 3.8) is 0 Å². The van der Waals surface area contributed by atoms with E-state index >= 15 is 0 Å². The van der Waals surface area contributed by atoms with Gasteiger partial charge in [-0.15, -0.1) is 0 Å². The molecule has 0 atom stereocenters. The Morgan fingerprint density at radius 1 is 1.19 bits per heavy atom. The van der Waals surface area contributed by atoms with Crippen LogP contribution in [0.5, 0.6) is 17.2 Å². The summed E-state index contributed by atoms with van der Waals surface area (Å²) in [5.41, 5.74) is 1.92. The molecular formula is C19H20N2O5. The number of hydrogen-bond acceptors (Lipinski definition) is 6. The minimum Gasteiger partial charge on any atom is -0.497 e. The van der Waals surface area contributed by atoms with Gasteiger partial charge in [-0.3, -0.25) is 4.79 Å². The minimum atomic E-state index is -0.221. The number of amides is 1. The molecule has 26 heavy (non-hydrogen) atoms. The summed E-state index contributed by atoms with van der Waals surface area (Å²) in [4.78, 5) is 16.8. The van der Waals surface area contributed by atoms with Gasteiger partial charge in [-0.2, -0.15) is 0 Å². The van der Waals surface area contributed by atoms with Gasteiger partial charge in [0.1, 0.15) is 5.75 Å². The monoisotopic (exact) mass is 356 g/mol. The van der Waals surface area contributed by atoms with Crippen LogP contribution in [0.3, 0.4) is 0 Å². The van der Waals surface area contributed by atoms with Gasteiger partial charge in [0.25, 0.3) is 5.91 Å². The number of benzene rings is 2. The maximum absolute atomic E-state index is 11.7. The third-order valence-corrected chi connectivity index (χ3v) is 3.76. The summed E-state index contributed by atoms with van der Waals surface area (Å²) >= 11 is 0. The lowest BCUT2D eigenvalue weighted by Crippen LogP contribution is -2.28. The van der Waals surface area contributed by atoms with E-state index in [4.69, 9.17) is 19.0 Å². The van der Waals surface area contributed by atoms with E-state index in [1.165, 1.54) is 6.21 Å².